The van der Waals surface area contributed by atoms with Gasteiger partial charge in [-0.05, 0) is 31.9 Å². The number of nitrogens with zero attached hydrogens (tertiary/aromatic N) is 5. The number of likely N-dealkylation sites (tertiary alicyclic amines) is 1. The second-order valence-corrected chi connectivity index (χ2v) is 9.99. The third-order valence-corrected chi connectivity index (χ3v) is 6.84. The molecule has 1 aliphatic heterocycles. The SMILES string of the molecule is Cc1cccc(-c2sc(C)nc2C(=O)N2CC(F)(F)CC(C)[C@H]2CNc2ncc(C(F)(F)F)cn2)n1. The Morgan fingerprint density at radius 3 is 2.53 bits per heavy atom. The molecular formula is C23H23F5N6OS. The normalized spacial score (nSPS) is 19.8. The number of aromatic nitrogens is 4. The van der Waals surface area contributed by atoms with Crippen molar-refractivity contribution in [2.45, 2.75) is 45.3 Å². The maximum atomic E-state index is 14.6. The lowest BCUT2D eigenvalue weighted by molar-refractivity contribution is -0.138. The van der Waals surface area contributed by atoms with Crippen LogP contribution < -0.4 is 5.32 Å². The van der Waals surface area contributed by atoms with Crippen molar-refractivity contribution in [3.8, 4) is 10.6 Å². The van der Waals surface area contributed by atoms with E-state index in [-0.39, 0.29) is 18.2 Å². The van der Waals surface area contributed by atoms with Gasteiger partial charge >= 0.3 is 6.18 Å². The average molecular weight is 527 g/mol. The van der Waals surface area contributed by atoms with Gasteiger partial charge in [0.1, 0.15) is 5.69 Å². The van der Waals surface area contributed by atoms with Crippen LogP contribution in [0.5, 0.6) is 0 Å². The number of hydrogen-bond acceptors (Lipinski definition) is 7. The standard InChI is InChI=1S/C23H23F5N6OS/c1-12-7-22(24,25)11-34(17(12)10-31-21-29-8-15(9-30-21)23(26,27)28)20(35)18-19(36-14(3)33-18)16-6-4-5-13(2)32-16/h4-6,8-9,12,17H,7,10-11H2,1-3H3,(H,29,30,31)/t12?,17-/m1/s1. The molecule has 1 unspecified atom stereocenters. The number of thiazole rings is 1. The van der Waals surface area contributed by atoms with Gasteiger partial charge in [-0.3, -0.25) is 9.78 Å². The zero-order valence-corrected chi connectivity index (χ0v) is 20.4. The number of amides is 1. The van der Waals surface area contributed by atoms with Crippen LogP contribution in [0.25, 0.3) is 10.6 Å². The Kier molecular flexibility index (Phi) is 6.95. The number of anilines is 1. The lowest BCUT2D eigenvalue weighted by Crippen LogP contribution is -2.57. The summed E-state index contributed by atoms with van der Waals surface area (Å²) < 4.78 is 67.5. The molecule has 7 nitrogen and oxygen atoms in total. The average Bonchev–Trinajstić information content (AvgIpc) is 3.18. The molecule has 1 aliphatic rings. The molecule has 4 heterocycles. The molecule has 4 rings (SSSR count). The quantitative estimate of drug-likeness (QED) is 0.459. The third-order valence-electron chi connectivity index (χ3n) is 5.85. The van der Waals surface area contributed by atoms with Gasteiger partial charge in [-0.1, -0.05) is 13.0 Å². The van der Waals surface area contributed by atoms with E-state index in [0.717, 1.165) is 10.6 Å². The van der Waals surface area contributed by atoms with Crippen LogP contribution in [-0.4, -0.2) is 55.8 Å². The number of carbonyl (C=O) groups is 1. The minimum atomic E-state index is -4.58. The van der Waals surface area contributed by atoms with E-state index < -0.39 is 48.5 Å². The maximum absolute atomic E-state index is 14.6. The second kappa shape index (κ2) is 9.68. The Hall–Kier alpha value is -3.22. The molecule has 0 aromatic carbocycles. The van der Waals surface area contributed by atoms with E-state index >= 15 is 0 Å². The zero-order chi connectivity index (χ0) is 26.3. The van der Waals surface area contributed by atoms with Crippen LogP contribution in [-0.2, 0) is 6.18 Å². The van der Waals surface area contributed by atoms with Gasteiger partial charge in [-0.15, -0.1) is 11.3 Å². The van der Waals surface area contributed by atoms with Crippen molar-refractivity contribution in [2.24, 2.45) is 5.92 Å². The van der Waals surface area contributed by atoms with Crippen LogP contribution in [0.2, 0.25) is 0 Å². The minimum Gasteiger partial charge on any atom is -0.352 e. The highest BCUT2D eigenvalue weighted by Crippen LogP contribution is 2.37. The fraction of sp³-hybridized carbons (Fsp3) is 0.435. The van der Waals surface area contributed by atoms with E-state index in [1.807, 2.05) is 0 Å². The van der Waals surface area contributed by atoms with Gasteiger partial charge in [0.25, 0.3) is 11.8 Å². The van der Waals surface area contributed by atoms with Gasteiger partial charge in [0.15, 0.2) is 0 Å². The predicted octanol–water partition coefficient (Wildman–Crippen LogP) is 5.23. The summed E-state index contributed by atoms with van der Waals surface area (Å²) in [5, 5.41) is 3.37. The lowest BCUT2D eigenvalue weighted by Gasteiger charge is -2.43. The van der Waals surface area contributed by atoms with Gasteiger partial charge in [-0.2, -0.15) is 13.2 Å². The highest BCUT2D eigenvalue weighted by atomic mass is 32.1. The molecule has 3 aromatic rings. The van der Waals surface area contributed by atoms with Crippen molar-refractivity contribution in [3.05, 3.63) is 52.6 Å². The summed E-state index contributed by atoms with van der Waals surface area (Å²) in [7, 11) is 0. The number of nitrogens with one attached hydrogen (secondary N) is 1. The van der Waals surface area contributed by atoms with Crippen molar-refractivity contribution in [2.75, 3.05) is 18.4 Å². The number of halogens is 5. The molecule has 1 fully saturated rings. The molecule has 2 atom stereocenters. The van der Waals surface area contributed by atoms with Crippen LogP contribution in [0.15, 0.2) is 30.6 Å². The molecule has 192 valence electrons. The lowest BCUT2D eigenvalue weighted by atomic mass is 9.88. The van der Waals surface area contributed by atoms with Crippen molar-refractivity contribution in [1.82, 2.24) is 24.8 Å². The summed E-state index contributed by atoms with van der Waals surface area (Å²) in [5.41, 5.74) is 0.283. The first kappa shape index (κ1) is 25.9. The highest BCUT2D eigenvalue weighted by molar-refractivity contribution is 7.15. The molecule has 0 aliphatic carbocycles. The second-order valence-electron chi connectivity index (χ2n) is 8.79. The van der Waals surface area contributed by atoms with Crippen molar-refractivity contribution < 1.29 is 26.7 Å². The molecule has 1 amide bonds. The van der Waals surface area contributed by atoms with Gasteiger partial charge < -0.3 is 10.2 Å². The molecule has 0 radical (unpaired) electrons. The number of hydrogen-bond donors (Lipinski definition) is 1. The first-order valence-electron chi connectivity index (χ1n) is 11.1. The topological polar surface area (TPSA) is 83.9 Å². The number of alkyl halides is 5. The smallest absolute Gasteiger partial charge is 0.352 e. The Bertz CT molecular complexity index is 1250. The monoisotopic (exact) mass is 526 g/mol. The Morgan fingerprint density at radius 2 is 1.89 bits per heavy atom. The van der Waals surface area contributed by atoms with Crippen molar-refractivity contribution in [1.29, 1.82) is 0 Å². The number of aryl methyl sites for hydroxylation is 2. The van der Waals surface area contributed by atoms with Crippen LogP contribution in [0.1, 0.15) is 40.1 Å². The van der Waals surface area contributed by atoms with E-state index in [2.05, 4.69) is 25.3 Å². The van der Waals surface area contributed by atoms with Crippen LogP contribution in [0.3, 0.4) is 0 Å². The summed E-state index contributed by atoms with van der Waals surface area (Å²) in [5.74, 6) is -4.50. The van der Waals surface area contributed by atoms with Gasteiger partial charge in [-0.25, -0.2) is 23.7 Å². The highest BCUT2D eigenvalue weighted by Gasteiger charge is 2.47. The largest absolute Gasteiger partial charge is 0.419 e. The number of pyridine rings is 1. The molecule has 0 spiro atoms. The van der Waals surface area contributed by atoms with E-state index in [4.69, 9.17) is 0 Å². The summed E-state index contributed by atoms with van der Waals surface area (Å²) in [6, 6.07) is 4.61. The molecule has 1 N–H and O–H groups in total. The first-order valence-corrected chi connectivity index (χ1v) is 11.9. The number of carbonyl (C=O) groups excluding carboxylic acids is 1. The van der Waals surface area contributed by atoms with E-state index in [1.54, 1.807) is 39.0 Å². The summed E-state index contributed by atoms with van der Waals surface area (Å²) in [6.07, 6.45) is -3.76. The van der Waals surface area contributed by atoms with Crippen LogP contribution in [0.4, 0.5) is 27.9 Å². The van der Waals surface area contributed by atoms with Crippen molar-refractivity contribution in [3.63, 3.8) is 0 Å². The summed E-state index contributed by atoms with van der Waals surface area (Å²) in [4.78, 5) is 31.3. The van der Waals surface area contributed by atoms with Crippen molar-refractivity contribution >= 4 is 23.2 Å². The molecule has 36 heavy (non-hydrogen) atoms. The maximum Gasteiger partial charge on any atom is 0.419 e. The molecule has 0 bridgehead atoms. The van der Waals surface area contributed by atoms with E-state index in [0.29, 0.717) is 28.0 Å². The Morgan fingerprint density at radius 1 is 1.19 bits per heavy atom. The zero-order valence-electron chi connectivity index (χ0n) is 19.6. The fourth-order valence-electron chi connectivity index (χ4n) is 4.19. The summed E-state index contributed by atoms with van der Waals surface area (Å²) in [6.45, 7) is 4.28. The fourth-order valence-corrected chi connectivity index (χ4v) is 5.07. The Balaban J connectivity index is 1.61. The molecule has 3 aromatic heterocycles. The molecule has 13 heteroatoms. The third kappa shape index (κ3) is 5.61. The molecule has 0 saturated carbocycles. The minimum absolute atomic E-state index is 0.0322. The number of rotatable bonds is 5. The first-order chi connectivity index (χ1) is 16.8. The van der Waals surface area contributed by atoms with E-state index in [1.165, 1.54) is 11.3 Å². The van der Waals surface area contributed by atoms with Gasteiger partial charge in [0, 0.05) is 31.1 Å². The predicted molar refractivity (Wildman–Crippen MR) is 124 cm³/mol. The Labute approximate surface area is 207 Å². The number of piperidine rings is 1. The van der Waals surface area contributed by atoms with Gasteiger partial charge in [0.2, 0.25) is 5.95 Å². The van der Waals surface area contributed by atoms with E-state index in [9.17, 15) is 26.7 Å². The summed E-state index contributed by atoms with van der Waals surface area (Å²) >= 11 is 1.25. The molecule has 1 saturated heterocycles. The van der Waals surface area contributed by atoms with Gasteiger partial charge in [0.05, 0.1) is 33.7 Å². The molecular weight excluding hydrogens is 503 g/mol. The van der Waals surface area contributed by atoms with Crippen LogP contribution in [0, 0.1) is 19.8 Å². The van der Waals surface area contributed by atoms with Crippen LogP contribution >= 0.6 is 11.3 Å².